The van der Waals surface area contributed by atoms with Gasteiger partial charge in [0.1, 0.15) is 11.5 Å². The predicted molar refractivity (Wildman–Crippen MR) is 71.7 cm³/mol. The first-order chi connectivity index (χ1) is 10.2. The molecule has 21 heavy (non-hydrogen) atoms. The standard InChI is InChI=1S/C13H10FN5O2/c1-20-10-6-5-9(17-18-10)12-16-13(21-19-12)7-3-2-4-8(14)11(7)15/h2-6H,15H2,1H3. The molecule has 0 saturated carbocycles. The number of methoxy groups -OCH3 is 1. The summed E-state index contributed by atoms with van der Waals surface area (Å²) in [6, 6.07) is 7.61. The number of nitrogens with two attached hydrogens (primary N) is 1. The number of anilines is 1. The molecule has 0 aliphatic heterocycles. The lowest BCUT2D eigenvalue weighted by molar-refractivity contribution is 0.392. The van der Waals surface area contributed by atoms with Crippen molar-refractivity contribution in [3.8, 4) is 28.9 Å². The zero-order chi connectivity index (χ0) is 14.8. The van der Waals surface area contributed by atoms with E-state index in [1.165, 1.54) is 19.2 Å². The zero-order valence-electron chi connectivity index (χ0n) is 10.9. The summed E-state index contributed by atoms with van der Waals surface area (Å²) in [7, 11) is 1.49. The summed E-state index contributed by atoms with van der Waals surface area (Å²) in [5, 5.41) is 11.5. The SMILES string of the molecule is COc1ccc(-c2noc(-c3cccc(F)c3N)n2)nn1. The first-order valence-corrected chi connectivity index (χ1v) is 5.95. The van der Waals surface area contributed by atoms with Gasteiger partial charge < -0.3 is 15.0 Å². The van der Waals surface area contributed by atoms with Crippen LogP contribution in [0.5, 0.6) is 5.88 Å². The molecular formula is C13H10FN5O2. The topological polar surface area (TPSA) is 100.0 Å². The Hall–Kier alpha value is -3.03. The molecule has 0 unspecified atom stereocenters. The van der Waals surface area contributed by atoms with Gasteiger partial charge in [0.05, 0.1) is 18.4 Å². The number of nitrogens with zero attached hydrogens (tertiary/aromatic N) is 4. The first-order valence-electron chi connectivity index (χ1n) is 5.95. The Morgan fingerprint density at radius 3 is 2.76 bits per heavy atom. The van der Waals surface area contributed by atoms with E-state index < -0.39 is 5.82 Å². The number of nitrogen functional groups attached to an aromatic ring is 1. The Balaban J connectivity index is 1.97. The molecule has 0 bridgehead atoms. The number of rotatable bonds is 3. The van der Waals surface area contributed by atoms with Gasteiger partial charge in [0.2, 0.25) is 11.7 Å². The van der Waals surface area contributed by atoms with Crippen LogP contribution >= 0.6 is 0 Å². The maximum Gasteiger partial charge on any atom is 0.260 e. The van der Waals surface area contributed by atoms with Gasteiger partial charge in [-0.3, -0.25) is 0 Å². The lowest BCUT2D eigenvalue weighted by Gasteiger charge is -2.00. The molecular weight excluding hydrogens is 277 g/mol. The highest BCUT2D eigenvalue weighted by molar-refractivity contribution is 5.71. The number of hydrogen-bond donors (Lipinski definition) is 1. The van der Waals surface area contributed by atoms with E-state index in [1.54, 1.807) is 18.2 Å². The minimum atomic E-state index is -0.545. The monoisotopic (exact) mass is 287 g/mol. The average Bonchev–Trinajstić information content (AvgIpc) is 3.00. The Labute approximate surface area is 118 Å². The molecule has 8 heteroatoms. The van der Waals surface area contributed by atoms with Crippen molar-refractivity contribution < 1.29 is 13.7 Å². The molecule has 0 spiro atoms. The summed E-state index contributed by atoms with van der Waals surface area (Å²) in [4.78, 5) is 4.14. The summed E-state index contributed by atoms with van der Waals surface area (Å²) in [5.74, 6) is 0.164. The van der Waals surface area contributed by atoms with Crippen LogP contribution < -0.4 is 10.5 Å². The summed E-state index contributed by atoms with van der Waals surface area (Å²) >= 11 is 0. The number of benzene rings is 1. The Kier molecular flexibility index (Phi) is 3.19. The van der Waals surface area contributed by atoms with E-state index in [0.717, 1.165) is 0 Å². The van der Waals surface area contributed by atoms with Crippen LogP contribution in [0.4, 0.5) is 10.1 Å². The van der Waals surface area contributed by atoms with Crippen LogP contribution in [0.15, 0.2) is 34.9 Å². The van der Waals surface area contributed by atoms with Gasteiger partial charge in [0.25, 0.3) is 5.89 Å². The maximum atomic E-state index is 13.4. The van der Waals surface area contributed by atoms with Crippen LogP contribution in [0.3, 0.4) is 0 Å². The smallest absolute Gasteiger partial charge is 0.260 e. The van der Waals surface area contributed by atoms with Crippen molar-refractivity contribution >= 4 is 5.69 Å². The molecule has 2 aromatic heterocycles. The van der Waals surface area contributed by atoms with Crippen molar-refractivity contribution in [2.75, 3.05) is 12.8 Å². The van der Waals surface area contributed by atoms with Crippen molar-refractivity contribution in [1.82, 2.24) is 20.3 Å². The molecule has 0 amide bonds. The van der Waals surface area contributed by atoms with Crippen LogP contribution in [0, 0.1) is 5.82 Å². The Morgan fingerprint density at radius 1 is 1.19 bits per heavy atom. The summed E-state index contributed by atoms with van der Waals surface area (Å²) in [6.07, 6.45) is 0. The van der Waals surface area contributed by atoms with Crippen LogP contribution in [0.25, 0.3) is 23.0 Å². The molecule has 1 aromatic carbocycles. The van der Waals surface area contributed by atoms with Crippen molar-refractivity contribution in [3.63, 3.8) is 0 Å². The van der Waals surface area contributed by atoms with Crippen LogP contribution in [-0.2, 0) is 0 Å². The number of para-hydroxylation sites is 1. The first kappa shape index (κ1) is 13.0. The molecule has 0 aliphatic rings. The molecule has 2 heterocycles. The molecule has 0 radical (unpaired) electrons. The van der Waals surface area contributed by atoms with E-state index in [-0.39, 0.29) is 17.4 Å². The second kappa shape index (κ2) is 5.16. The van der Waals surface area contributed by atoms with Crippen molar-refractivity contribution in [3.05, 3.63) is 36.1 Å². The fourth-order valence-electron chi connectivity index (χ4n) is 1.71. The number of hydrogen-bond acceptors (Lipinski definition) is 7. The number of halogens is 1. The third-order valence-corrected chi connectivity index (χ3v) is 2.79. The number of aromatic nitrogens is 4. The van der Waals surface area contributed by atoms with E-state index >= 15 is 0 Å². The fraction of sp³-hybridized carbons (Fsp3) is 0.0769. The lowest BCUT2D eigenvalue weighted by atomic mass is 10.2. The zero-order valence-corrected chi connectivity index (χ0v) is 10.9. The Morgan fingerprint density at radius 2 is 2.05 bits per heavy atom. The van der Waals surface area contributed by atoms with E-state index in [1.807, 2.05) is 0 Å². The third-order valence-electron chi connectivity index (χ3n) is 2.79. The minimum Gasteiger partial charge on any atom is -0.480 e. The maximum absolute atomic E-state index is 13.4. The quantitative estimate of drug-likeness (QED) is 0.734. The van der Waals surface area contributed by atoms with Gasteiger partial charge >= 0.3 is 0 Å². The second-order valence-electron chi connectivity index (χ2n) is 4.09. The van der Waals surface area contributed by atoms with E-state index in [4.69, 9.17) is 15.0 Å². The van der Waals surface area contributed by atoms with Gasteiger partial charge in [0.15, 0.2) is 0 Å². The summed E-state index contributed by atoms with van der Waals surface area (Å²) in [5.41, 5.74) is 6.34. The molecule has 3 aromatic rings. The highest BCUT2D eigenvalue weighted by Gasteiger charge is 2.16. The molecule has 0 atom stereocenters. The molecule has 7 nitrogen and oxygen atoms in total. The molecule has 0 saturated heterocycles. The van der Waals surface area contributed by atoms with Gasteiger partial charge in [-0.15, -0.1) is 10.2 Å². The highest BCUT2D eigenvalue weighted by Crippen LogP contribution is 2.27. The molecule has 0 fully saturated rings. The van der Waals surface area contributed by atoms with Gasteiger partial charge in [0, 0.05) is 6.07 Å². The van der Waals surface area contributed by atoms with Crippen LogP contribution in [0.2, 0.25) is 0 Å². The van der Waals surface area contributed by atoms with Crippen LogP contribution in [0.1, 0.15) is 0 Å². The van der Waals surface area contributed by atoms with Crippen LogP contribution in [-0.4, -0.2) is 27.4 Å². The molecule has 106 valence electrons. The largest absolute Gasteiger partial charge is 0.480 e. The highest BCUT2D eigenvalue weighted by atomic mass is 19.1. The molecule has 3 rings (SSSR count). The van der Waals surface area contributed by atoms with Gasteiger partial charge in [-0.25, -0.2) is 4.39 Å². The second-order valence-corrected chi connectivity index (χ2v) is 4.09. The Bertz CT molecular complexity index is 772. The minimum absolute atomic E-state index is 0.0477. The lowest BCUT2D eigenvalue weighted by Crippen LogP contribution is -1.95. The normalized spacial score (nSPS) is 10.6. The predicted octanol–water partition coefficient (Wildman–Crippen LogP) is 1.92. The number of ether oxygens (including phenoxy) is 1. The van der Waals surface area contributed by atoms with E-state index in [0.29, 0.717) is 17.1 Å². The van der Waals surface area contributed by atoms with Crippen molar-refractivity contribution in [2.24, 2.45) is 0 Å². The molecule has 0 aliphatic carbocycles. The fourth-order valence-corrected chi connectivity index (χ4v) is 1.71. The van der Waals surface area contributed by atoms with Gasteiger partial charge in [-0.2, -0.15) is 4.98 Å². The third kappa shape index (κ3) is 2.38. The summed E-state index contributed by atoms with van der Waals surface area (Å²) in [6.45, 7) is 0. The van der Waals surface area contributed by atoms with Crippen molar-refractivity contribution in [2.45, 2.75) is 0 Å². The van der Waals surface area contributed by atoms with Gasteiger partial charge in [-0.1, -0.05) is 11.2 Å². The van der Waals surface area contributed by atoms with Crippen molar-refractivity contribution in [1.29, 1.82) is 0 Å². The summed E-state index contributed by atoms with van der Waals surface area (Å²) < 4.78 is 23.4. The van der Waals surface area contributed by atoms with Gasteiger partial charge in [-0.05, 0) is 18.2 Å². The van der Waals surface area contributed by atoms with E-state index in [2.05, 4.69) is 20.3 Å². The average molecular weight is 287 g/mol. The molecule has 2 N–H and O–H groups in total. The van der Waals surface area contributed by atoms with E-state index in [9.17, 15) is 4.39 Å².